The number of nitrogens with zero attached hydrogens (tertiary/aromatic N) is 2. The van der Waals surface area contributed by atoms with Gasteiger partial charge in [0.25, 0.3) is 0 Å². The number of nitrogens with one attached hydrogen (secondary N) is 1. The molecule has 1 rings (SSSR count). The SMILES string of the molecule is COC(=O)[C@@H](CC(C)C)NC(=O)CSc1nccn1C. The number of imidazole rings is 1. The van der Waals surface area contributed by atoms with Crippen LogP contribution in [0.25, 0.3) is 0 Å². The van der Waals surface area contributed by atoms with E-state index in [9.17, 15) is 9.59 Å². The van der Waals surface area contributed by atoms with Gasteiger partial charge in [0, 0.05) is 19.4 Å². The average Bonchev–Trinajstić information content (AvgIpc) is 2.79. The summed E-state index contributed by atoms with van der Waals surface area (Å²) in [5.41, 5.74) is 0. The number of aryl methyl sites for hydroxylation is 1. The largest absolute Gasteiger partial charge is 0.467 e. The van der Waals surface area contributed by atoms with Crippen LogP contribution in [0, 0.1) is 5.92 Å². The van der Waals surface area contributed by atoms with Crippen molar-refractivity contribution in [2.75, 3.05) is 12.9 Å². The average molecular weight is 299 g/mol. The Morgan fingerprint density at radius 1 is 1.50 bits per heavy atom. The third-order valence-corrected chi connectivity index (χ3v) is 3.70. The lowest BCUT2D eigenvalue weighted by molar-refractivity contribution is -0.145. The molecule has 1 aromatic rings. The Morgan fingerprint density at radius 2 is 2.20 bits per heavy atom. The van der Waals surface area contributed by atoms with E-state index in [1.165, 1.54) is 18.9 Å². The number of carbonyl (C=O) groups excluding carboxylic acids is 2. The molecular weight excluding hydrogens is 278 g/mol. The van der Waals surface area contributed by atoms with E-state index in [1.807, 2.05) is 31.7 Å². The predicted molar refractivity (Wildman–Crippen MR) is 77.3 cm³/mol. The maximum Gasteiger partial charge on any atom is 0.328 e. The fourth-order valence-corrected chi connectivity index (χ4v) is 2.43. The summed E-state index contributed by atoms with van der Waals surface area (Å²) in [7, 11) is 3.19. The monoisotopic (exact) mass is 299 g/mol. The Morgan fingerprint density at radius 3 is 2.70 bits per heavy atom. The standard InChI is InChI=1S/C13H21N3O3S/c1-9(2)7-10(12(18)19-4)15-11(17)8-20-13-14-5-6-16(13)3/h5-6,9-10H,7-8H2,1-4H3,(H,15,17)/t10-/m1/s1. The predicted octanol–water partition coefficient (Wildman–Crippen LogP) is 1.22. The first-order valence-corrected chi connectivity index (χ1v) is 7.40. The van der Waals surface area contributed by atoms with Gasteiger partial charge in [0.2, 0.25) is 5.91 Å². The van der Waals surface area contributed by atoms with Crippen LogP contribution in [0.3, 0.4) is 0 Å². The van der Waals surface area contributed by atoms with Crippen LogP contribution in [0.1, 0.15) is 20.3 Å². The van der Waals surface area contributed by atoms with E-state index in [0.717, 1.165) is 5.16 Å². The van der Waals surface area contributed by atoms with Crippen molar-refractivity contribution in [3.63, 3.8) is 0 Å². The fourth-order valence-electron chi connectivity index (χ4n) is 1.68. The second-order valence-corrected chi connectivity index (χ2v) is 5.82. The number of methoxy groups -OCH3 is 1. The zero-order valence-corrected chi connectivity index (χ0v) is 13.1. The third-order valence-electron chi connectivity index (χ3n) is 2.64. The van der Waals surface area contributed by atoms with Gasteiger partial charge in [-0.25, -0.2) is 9.78 Å². The van der Waals surface area contributed by atoms with Gasteiger partial charge in [0.05, 0.1) is 12.9 Å². The zero-order chi connectivity index (χ0) is 15.1. The molecule has 1 atom stereocenters. The first kappa shape index (κ1) is 16.6. The lowest BCUT2D eigenvalue weighted by Crippen LogP contribution is -2.43. The number of hydrogen-bond acceptors (Lipinski definition) is 5. The molecule has 0 aromatic carbocycles. The van der Waals surface area contributed by atoms with Gasteiger partial charge in [0.15, 0.2) is 5.16 Å². The van der Waals surface area contributed by atoms with Crippen LogP contribution < -0.4 is 5.32 Å². The van der Waals surface area contributed by atoms with Crippen LogP contribution in [-0.2, 0) is 21.4 Å². The minimum atomic E-state index is -0.588. The highest BCUT2D eigenvalue weighted by molar-refractivity contribution is 7.99. The topological polar surface area (TPSA) is 73.2 Å². The molecule has 0 aliphatic carbocycles. The molecule has 0 fully saturated rings. The van der Waals surface area contributed by atoms with Crippen LogP contribution in [0.4, 0.5) is 0 Å². The van der Waals surface area contributed by atoms with Crippen LogP contribution in [0.2, 0.25) is 0 Å². The van der Waals surface area contributed by atoms with E-state index in [2.05, 4.69) is 10.3 Å². The molecule has 112 valence electrons. The molecule has 0 aliphatic rings. The number of rotatable bonds is 7. The highest BCUT2D eigenvalue weighted by Crippen LogP contribution is 2.14. The van der Waals surface area contributed by atoms with E-state index >= 15 is 0 Å². The fraction of sp³-hybridized carbons (Fsp3) is 0.615. The first-order chi connectivity index (χ1) is 9.43. The molecule has 1 N–H and O–H groups in total. The minimum absolute atomic E-state index is 0.200. The molecule has 0 saturated carbocycles. The van der Waals surface area contributed by atoms with E-state index in [0.29, 0.717) is 12.3 Å². The maximum atomic E-state index is 11.9. The summed E-state index contributed by atoms with van der Waals surface area (Å²) in [4.78, 5) is 27.6. The molecule has 7 heteroatoms. The Labute approximate surface area is 123 Å². The van der Waals surface area contributed by atoms with Crippen molar-refractivity contribution < 1.29 is 14.3 Å². The van der Waals surface area contributed by atoms with Crippen molar-refractivity contribution in [3.8, 4) is 0 Å². The summed E-state index contributed by atoms with van der Waals surface area (Å²) >= 11 is 1.33. The lowest BCUT2D eigenvalue weighted by Gasteiger charge is -2.18. The van der Waals surface area contributed by atoms with Crippen molar-refractivity contribution in [2.45, 2.75) is 31.5 Å². The smallest absolute Gasteiger partial charge is 0.328 e. The molecule has 1 aromatic heterocycles. The van der Waals surface area contributed by atoms with Crippen LogP contribution in [0.15, 0.2) is 17.6 Å². The van der Waals surface area contributed by atoms with Gasteiger partial charge in [-0.05, 0) is 12.3 Å². The number of thioether (sulfide) groups is 1. The Balaban J connectivity index is 2.49. The number of aromatic nitrogens is 2. The highest BCUT2D eigenvalue weighted by Gasteiger charge is 2.22. The Hall–Kier alpha value is -1.50. The van der Waals surface area contributed by atoms with Gasteiger partial charge in [-0.3, -0.25) is 4.79 Å². The summed E-state index contributed by atoms with van der Waals surface area (Å²) in [6.07, 6.45) is 4.05. The molecule has 0 saturated heterocycles. The Kier molecular flexibility index (Phi) is 6.57. The molecular formula is C13H21N3O3S. The second kappa shape index (κ2) is 7.94. The first-order valence-electron chi connectivity index (χ1n) is 6.41. The van der Waals surface area contributed by atoms with E-state index in [4.69, 9.17) is 4.74 Å². The van der Waals surface area contributed by atoms with E-state index in [-0.39, 0.29) is 11.7 Å². The van der Waals surface area contributed by atoms with Crippen molar-refractivity contribution in [1.82, 2.24) is 14.9 Å². The van der Waals surface area contributed by atoms with Gasteiger partial charge in [-0.1, -0.05) is 25.6 Å². The quantitative estimate of drug-likeness (QED) is 0.605. The van der Waals surface area contributed by atoms with Crippen LogP contribution in [-0.4, -0.2) is 40.3 Å². The molecule has 6 nitrogen and oxygen atoms in total. The van der Waals surface area contributed by atoms with Gasteiger partial charge in [0.1, 0.15) is 6.04 Å². The van der Waals surface area contributed by atoms with Gasteiger partial charge < -0.3 is 14.6 Å². The maximum absolute atomic E-state index is 11.9. The molecule has 0 spiro atoms. The van der Waals surface area contributed by atoms with Crippen LogP contribution in [0.5, 0.6) is 0 Å². The van der Waals surface area contributed by atoms with Crippen LogP contribution >= 0.6 is 11.8 Å². The van der Waals surface area contributed by atoms with E-state index < -0.39 is 12.0 Å². The summed E-state index contributed by atoms with van der Waals surface area (Å²) in [6, 6.07) is -0.588. The summed E-state index contributed by atoms with van der Waals surface area (Å²) in [5.74, 6) is -0.0964. The molecule has 0 bridgehead atoms. The number of esters is 1. The minimum Gasteiger partial charge on any atom is -0.467 e. The number of carbonyl (C=O) groups is 2. The normalized spacial score (nSPS) is 12.2. The zero-order valence-electron chi connectivity index (χ0n) is 12.3. The molecule has 1 amide bonds. The second-order valence-electron chi connectivity index (χ2n) is 4.88. The van der Waals surface area contributed by atoms with Crippen molar-refractivity contribution >= 4 is 23.6 Å². The lowest BCUT2D eigenvalue weighted by atomic mass is 10.0. The van der Waals surface area contributed by atoms with Crippen molar-refractivity contribution in [1.29, 1.82) is 0 Å². The highest BCUT2D eigenvalue weighted by atomic mass is 32.2. The van der Waals surface area contributed by atoms with Gasteiger partial charge in [-0.15, -0.1) is 0 Å². The molecule has 0 unspecified atom stereocenters. The van der Waals surface area contributed by atoms with Crippen molar-refractivity contribution in [2.24, 2.45) is 13.0 Å². The Bertz CT molecular complexity index is 459. The third kappa shape index (κ3) is 5.24. The summed E-state index contributed by atoms with van der Waals surface area (Å²) in [5, 5.41) is 3.47. The summed E-state index contributed by atoms with van der Waals surface area (Å²) in [6.45, 7) is 3.98. The van der Waals surface area contributed by atoms with Crippen molar-refractivity contribution in [3.05, 3.63) is 12.4 Å². The van der Waals surface area contributed by atoms with E-state index in [1.54, 1.807) is 6.20 Å². The number of hydrogen-bond donors (Lipinski definition) is 1. The molecule has 1 heterocycles. The summed E-state index contributed by atoms with van der Waals surface area (Å²) < 4.78 is 6.54. The number of amides is 1. The van der Waals surface area contributed by atoms with Gasteiger partial charge in [-0.2, -0.15) is 0 Å². The van der Waals surface area contributed by atoms with Gasteiger partial charge >= 0.3 is 5.97 Å². The molecule has 0 aliphatic heterocycles. The molecule has 20 heavy (non-hydrogen) atoms. The number of ether oxygens (including phenoxy) is 1. The molecule has 0 radical (unpaired) electrons.